The SMILES string of the molecule is COc1cc(CCN)cc(Br)c1OCCc1ccsc1. The zero-order valence-corrected chi connectivity index (χ0v) is 13.8. The fourth-order valence-corrected chi connectivity index (χ4v) is 3.24. The molecule has 1 aromatic heterocycles. The quantitative estimate of drug-likeness (QED) is 0.824. The Morgan fingerprint density at radius 3 is 2.75 bits per heavy atom. The smallest absolute Gasteiger partial charge is 0.175 e. The van der Waals surface area contributed by atoms with Crippen LogP contribution in [0.2, 0.25) is 0 Å². The summed E-state index contributed by atoms with van der Waals surface area (Å²) in [6.07, 6.45) is 1.72. The van der Waals surface area contributed by atoms with E-state index in [1.165, 1.54) is 5.56 Å². The van der Waals surface area contributed by atoms with E-state index in [-0.39, 0.29) is 0 Å². The summed E-state index contributed by atoms with van der Waals surface area (Å²) in [7, 11) is 1.65. The molecule has 0 atom stereocenters. The fraction of sp³-hybridized carbons (Fsp3) is 0.333. The zero-order chi connectivity index (χ0) is 14.4. The standard InChI is InChI=1S/C15H18BrNO2S/c1-18-14-9-12(2-5-17)8-13(16)15(14)19-6-3-11-4-7-20-10-11/h4,7-10H,2-3,5-6,17H2,1H3. The summed E-state index contributed by atoms with van der Waals surface area (Å²) in [6, 6.07) is 6.14. The van der Waals surface area contributed by atoms with E-state index in [4.69, 9.17) is 15.2 Å². The van der Waals surface area contributed by atoms with Crippen LogP contribution in [0.15, 0.2) is 33.4 Å². The number of halogens is 1. The number of nitrogens with two attached hydrogens (primary N) is 1. The van der Waals surface area contributed by atoms with Gasteiger partial charge < -0.3 is 15.2 Å². The number of methoxy groups -OCH3 is 1. The van der Waals surface area contributed by atoms with E-state index in [0.29, 0.717) is 13.2 Å². The molecular weight excluding hydrogens is 338 g/mol. The van der Waals surface area contributed by atoms with Gasteiger partial charge in [-0.05, 0) is 69.0 Å². The van der Waals surface area contributed by atoms with Crippen molar-refractivity contribution in [1.82, 2.24) is 0 Å². The van der Waals surface area contributed by atoms with Crippen molar-refractivity contribution in [2.24, 2.45) is 5.73 Å². The second-order valence-electron chi connectivity index (χ2n) is 4.38. The zero-order valence-electron chi connectivity index (χ0n) is 11.4. The molecule has 0 spiro atoms. The Morgan fingerprint density at radius 1 is 1.25 bits per heavy atom. The van der Waals surface area contributed by atoms with E-state index in [9.17, 15) is 0 Å². The van der Waals surface area contributed by atoms with Crippen LogP contribution < -0.4 is 15.2 Å². The van der Waals surface area contributed by atoms with Crippen molar-refractivity contribution in [1.29, 1.82) is 0 Å². The largest absolute Gasteiger partial charge is 0.493 e. The molecule has 0 fully saturated rings. The van der Waals surface area contributed by atoms with Crippen LogP contribution in [-0.2, 0) is 12.8 Å². The monoisotopic (exact) mass is 355 g/mol. The highest BCUT2D eigenvalue weighted by Crippen LogP contribution is 2.36. The van der Waals surface area contributed by atoms with Crippen LogP contribution in [0.25, 0.3) is 0 Å². The van der Waals surface area contributed by atoms with Gasteiger partial charge >= 0.3 is 0 Å². The van der Waals surface area contributed by atoms with Gasteiger partial charge in [-0.1, -0.05) is 0 Å². The average molecular weight is 356 g/mol. The molecule has 0 radical (unpaired) electrons. The van der Waals surface area contributed by atoms with Crippen molar-refractivity contribution < 1.29 is 9.47 Å². The first-order valence-electron chi connectivity index (χ1n) is 6.45. The van der Waals surface area contributed by atoms with Crippen LogP contribution in [0.1, 0.15) is 11.1 Å². The highest BCUT2D eigenvalue weighted by molar-refractivity contribution is 9.10. The summed E-state index contributed by atoms with van der Waals surface area (Å²) < 4.78 is 12.2. The maximum absolute atomic E-state index is 5.87. The minimum Gasteiger partial charge on any atom is -0.493 e. The molecule has 5 heteroatoms. The predicted molar refractivity (Wildman–Crippen MR) is 87.0 cm³/mol. The number of rotatable bonds is 7. The van der Waals surface area contributed by atoms with Crippen molar-refractivity contribution in [3.63, 3.8) is 0 Å². The first-order chi connectivity index (χ1) is 9.74. The molecule has 0 amide bonds. The van der Waals surface area contributed by atoms with E-state index < -0.39 is 0 Å². The number of thiophene rings is 1. The van der Waals surface area contributed by atoms with Crippen LogP contribution in [0, 0.1) is 0 Å². The molecule has 2 N–H and O–H groups in total. The van der Waals surface area contributed by atoms with Gasteiger partial charge in [-0.15, -0.1) is 0 Å². The van der Waals surface area contributed by atoms with Gasteiger partial charge in [0.2, 0.25) is 0 Å². The molecule has 0 bridgehead atoms. The highest BCUT2D eigenvalue weighted by Gasteiger charge is 2.11. The second-order valence-corrected chi connectivity index (χ2v) is 6.01. The maximum Gasteiger partial charge on any atom is 0.175 e. The van der Waals surface area contributed by atoms with Crippen LogP contribution in [0.5, 0.6) is 11.5 Å². The fourth-order valence-electron chi connectivity index (χ4n) is 1.93. The Hall–Kier alpha value is -1.04. The Kier molecular flexibility index (Phi) is 5.88. The first kappa shape index (κ1) is 15.4. The summed E-state index contributed by atoms with van der Waals surface area (Å²) in [6.45, 7) is 1.25. The van der Waals surface area contributed by atoms with Crippen LogP contribution in [0.4, 0.5) is 0 Å². The van der Waals surface area contributed by atoms with E-state index in [1.807, 2.05) is 12.1 Å². The summed E-state index contributed by atoms with van der Waals surface area (Å²) >= 11 is 5.25. The van der Waals surface area contributed by atoms with Gasteiger partial charge in [0.05, 0.1) is 18.2 Å². The summed E-state index contributed by atoms with van der Waals surface area (Å²) in [5.41, 5.74) is 8.02. The Morgan fingerprint density at radius 2 is 2.10 bits per heavy atom. The lowest BCUT2D eigenvalue weighted by Crippen LogP contribution is -2.05. The highest BCUT2D eigenvalue weighted by atomic mass is 79.9. The summed E-state index contributed by atoms with van der Waals surface area (Å²) in [5.74, 6) is 1.50. The third-order valence-corrected chi connectivity index (χ3v) is 4.26. The van der Waals surface area contributed by atoms with Gasteiger partial charge in [0.15, 0.2) is 11.5 Å². The third kappa shape index (κ3) is 3.98. The van der Waals surface area contributed by atoms with Gasteiger partial charge in [-0.3, -0.25) is 0 Å². The van der Waals surface area contributed by atoms with Gasteiger partial charge in [0.1, 0.15) is 0 Å². The van der Waals surface area contributed by atoms with E-state index in [1.54, 1.807) is 18.4 Å². The molecular formula is C15H18BrNO2S. The third-order valence-electron chi connectivity index (χ3n) is 2.94. The minimum atomic E-state index is 0.619. The molecule has 108 valence electrons. The van der Waals surface area contributed by atoms with Crippen molar-refractivity contribution in [3.05, 3.63) is 44.6 Å². The predicted octanol–water partition coefficient (Wildman–Crippen LogP) is 3.64. The van der Waals surface area contributed by atoms with Crippen LogP contribution in [-0.4, -0.2) is 20.3 Å². The second kappa shape index (κ2) is 7.67. The first-order valence-corrected chi connectivity index (χ1v) is 8.18. The minimum absolute atomic E-state index is 0.619. The van der Waals surface area contributed by atoms with Gasteiger partial charge in [0.25, 0.3) is 0 Å². The molecule has 0 aliphatic carbocycles. The molecule has 1 aromatic carbocycles. The molecule has 2 aromatic rings. The topological polar surface area (TPSA) is 44.5 Å². The molecule has 0 saturated carbocycles. The number of hydrogen-bond donors (Lipinski definition) is 1. The van der Waals surface area contributed by atoms with E-state index >= 15 is 0 Å². The maximum atomic E-state index is 5.87. The molecule has 1 heterocycles. The van der Waals surface area contributed by atoms with Crippen LogP contribution >= 0.6 is 27.3 Å². The normalized spacial score (nSPS) is 10.6. The molecule has 0 aliphatic heterocycles. The molecule has 0 aliphatic rings. The van der Waals surface area contributed by atoms with Crippen molar-refractivity contribution in [2.45, 2.75) is 12.8 Å². The Balaban J connectivity index is 2.06. The number of ether oxygens (including phenoxy) is 2. The molecule has 2 rings (SSSR count). The van der Waals surface area contributed by atoms with Crippen molar-refractivity contribution >= 4 is 27.3 Å². The van der Waals surface area contributed by atoms with Gasteiger partial charge in [-0.25, -0.2) is 0 Å². The molecule has 20 heavy (non-hydrogen) atoms. The number of hydrogen-bond acceptors (Lipinski definition) is 4. The lowest BCUT2D eigenvalue weighted by Gasteiger charge is -2.14. The Bertz CT molecular complexity index is 543. The molecule has 3 nitrogen and oxygen atoms in total. The lowest BCUT2D eigenvalue weighted by molar-refractivity contribution is 0.295. The summed E-state index contributed by atoms with van der Waals surface area (Å²) in [4.78, 5) is 0. The lowest BCUT2D eigenvalue weighted by atomic mass is 10.1. The van der Waals surface area contributed by atoms with E-state index in [2.05, 4.69) is 32.8 Å². The van der Waals surface area contributed by atoms with Gasteiger partial charge in [-0.2, -0.15) is 11.3 Å². The number of benzene rings is 1. The van der Waals surface area contributed by atoms with Gasteiger partial charge in [0, 0.05) is 6.42 Å². The average Bonchev–Trinajstić information content (AvgIpc) is 2.94. The van der Waals surface area contributed by atoms with E-state index in [0.717, 1.165) is 34.4 Å². The summed E-state index contributed by atoms with van der Waals surface area (Å²) in [5, 5.41) is 4.22. The Labute approximate surface area is 131 Å². The van der Waals surface area contributed by atoms with Crippen molar-refractivity contribution in [2.75, 3.05) is 20.3 Å². The molecule has 0 saturated heterocycles. The molecule has 0 unspecified atom stereocenters. The van der Waals surface area contributed by atoms with Crippen LogP contribution in [0.3, 0.4) is 0 Å². The van der Waals surface area contributed by atoms with Crippen molar-refractivity contribution in [3.8, 4) is 11.5 Å².